The highest BCUT2D eigenvalue weighted by atomic mass is 35.5. The molecule has 2 heterocycles. The number of halogens is 1. The van der Waals surface area contributed by atoms with Gasteiger partial charge in [-0.3, -0.25) is 9.69 Å². The lowest BCUT2D eigenvalue weighted by molar-refractivity contribution is -0.117. The highest BCUT2D eigenvalue weighted by molar-refractivity contribution is 6.31. The second kappa shape index (κ2) is 6.75. The van der Waals surface area contributed by atoms with Crippen LogP contribution in [0.5, 0.6) is 0 Å². The molecule has 1 saturated heterocycles. The molecular weight excluding hydrogens is 290 g/mol. The zero-order valence-electron chi connectivity index (χ0n) is 11.9. The largest absolute Gasteiger partial charge is 0.379 e. The van der Waals surface area contributed by atoms with Crippen molar-refractivity contribution in [2.45, 2.75) is 12.5 Å². The quantitative estimate of drug-likeness (QED) is 0.812. The molecule has 6 heteroatoms. The monoisotopic (exact) mass is 309 g/mol. The van der Waals surface area contributed by atoms with Crippen molar-refractivity contribution >= 4 is 23.2 Å². The molecule has 2 aliphatic rings. The number of ether oxygens (including phenoxy) is 1. The summed E-state index contributed by atoms with van der Waals surface area (Å²) in [6, 6.07) is 5.21. The molecule has 1 aromatic carbocycles. The summed E-state index contributed by atoms with van der Waals surface area (Å²) in [7, 11) is 0. The second-order valence-corrected chi connectivity index (χ2v) is 5.85. The Balaban J connectivity index is 1.49. The van der Waals surface area contributed by atoms with Crippen molar-refractivity contribution in [2.24, 2.45) is 0 Å². The first-order valence-corrected chi connectivity index (χ1v) is 7.75. The van der Waals surface area contributed by atoms with Crippen LogP contribution in [0.2, 0.25) is 5.02 Å². The Kier molecular flexibility index (Phi) is 4.75. The van der Waals surface area contributed by atoms with Gasteiger partial charge in [-0.25, -0.2) is 0 Å². The van der Waals surface area contributed by atoms with Crippen LogP contribution in [-0.4, -0.2) is 50.2 Å². The summed E-state index contributed by atoms with van der Waals surface area (Å²) in [5.74, 6) is -0.00126. The van der Waals surface area contributed by atoms with Gasteiger partial charge in [-0.05, 0) is 37.7 Å². The summed E-state index contributed by atoms with van der Waals surface area (Å²) < 4.78 is 5.33. The maximum Gasteiger partial charge on any atom is 0.246 e. The first kappa shape index (κ1) is 14.8. The predicted molar refractivity (Wildman–Crippen MR) is 82.7 cm³/mol. The molecule has 3 rings (SSSR count). The third-order valence-corrected chi connectivity index (χ3v) is 4.18. The van der Waals surface area contributed by atoms with Gasteiger partial charge in [0.1, 0.15) is 6.04 Å². The van der Waals surface area contributed by atoms with E-state index in [1.165, 1.54) is 0 Å². The van der Waals surface area contributed by atoms with E-state index in [1.807, 2.05) is 12.1 Å². The number of carbonyl (C=O) groups excluding carboxylic acids is 1. The van der Waals surface area contributed by atoms with E-state index in [9.17, 15) is 4.79 Å². The van der Waals surface area contributed by atoms with E-state index < -0.39 is 0 Å². The van der Waals surface area contributed by atoms with Crippen LogP contribution >= 0.6 is 11.6 Å². The average molecular weight is 310 g/mol. The molecule has 1 unspecified atom stereocenters. The smallest absolute Gasteiger partial charge is 0.246 e. The summed E-state index contributed by atoms with van der Waals surface area (Å²) >= 11 is 6.01. The number of nitrogens with one attached hydrogen (secondary N) is 2. The maximum absolute atomic E-state index is 12.0. The van der Waals surface area contributed by atoms with Gasteiger partial charge in [0.15, 0.2) is 0 Å². The maximum atomic E-state index is 12.0. The lowest BCUT2D eigenvalue weighted by Crippen LogP contribution is -2.38. The summed E-state index contributed by atoms with van der Waals surface area (Å²) in [6.45, 7) is 5.49. The van der Waals surface area contributed by atoms with Crippen molar-refractivity contribution in [3.63, 3.8) is 0 Å². The van der Waals surface area contributed by atoms with Gasteiger partial charge in [0.25, 0.3) is 0 Å². The molecular formula is C15H20ClN3O2. The highest BCUT2D eigenvalue weighted by Crippen LogP contribution is 2.32. The van der Waals surface area contributed by atoms with E-state index in [4.69, 9.17) is 16.3 Å². The zero-order valence-corrected chi connectivity index (χ0v) is 12.7. The normalized spacial score (nSPS) is 22.1. The van der Waals surface area contributed by atoms with E-state index in [2.05, 4.69) is 15.5 Å². The number of anilines is 1. The fourth-order valence-electron chi connectivity index (χ4n) is 2.81. The summed E-state index contributed by atoms with van der Waals surface area (Å²) in [6.07, 6.45) is 1.01. The fourth-order valence-corrected chi connectivity index (χ4v) is 2.99. The Hall–Kier alpha value is -1.14. The lowest BCUT2D eigenvalue weighted by atomic mass is 10.1. The lowest BCUT2D eigenvalue weighted by Gasteiger charge is -2.26. The molecule has 0 spiro atoms. The molecule has 2 N–H and O–H groups in total. The number of amides is 1. The number of rotatable bonds is 5. The molecule has 0 saturated carbocycles. The minimum Gasteiger partial charge on any atom is -0.379 e. The van der Waals surface area contributed by atoms with Gasteiger partial charge in [0.05, 0.1) is 13.2 Å². The Bertz CT molecular complexity index is 518. The van der Waals surface area contributed by atoms with Crippen LogP contribution in [0.3, 0.4) is 0 Å². The van der Waals surface area contributed by atoms with Crippen LogP contribution in [0.15, 0.2) is 18.2 Å². The Morgan fingerprint density at radius 3 is 3.00 bits per heavy atom. The molecule has 21 heavy (non-hydrogen) atoms. The van der Waals surface area contributed by atoms with Crippen molar-refractivity contribution in [2.75, 3.05) is 44.7 Å². The summed E-state index contributed by atoms with van der Waals surface area (Å²) in [5.41, 5.74) is 1.80. The van der Waals surface area contributed by atoms with Crippen LogP contribution in [0.4, 0.5) is 5.69 Å². The molecule has 1 aromatic rings. The van der Waals surface area contributed by atoms with Gasteiger partial charge in [-0.1, -0.05) is 11.6 Å². The molecule has 0 radical (unpaired) electrons. The van der Waals surface area contributed by atoms with E-state index in [0.29, 0.717) is 5.02 Å². The van der Waals surface area contributed by atoms with Gasteiger partial charge in [0, 0.05) is 29.4 Å². The number of hydrogen-bond acceptors (Lipinski definition) is 4. The fraction of sp³-hybridized carbons (Fsp3) is 0.533. The van der Waals surface area contributed by atoms with E-state index in [-0.39, 0.29) is 11.9 Å². The van der Waals surface area contributed by atoms with Gasteiger partial charge < -0.3 is 15.4 Å². The van der Waals surface area contributed by atoms with Crippen molar-refractivity contribution in [1.82, 2.24) is 10.2 Å². The number of morpholine rings is 1. The van der Waals surface area contributed by atoms with Crippen LogP contribution in [0.1, 0.15) is 18.0 Å². The Labute approximate surface area is 129 Å². The van der Waals surface area contributed by atoms with Crippen LogP contribution in [0.25, 0.3) is 0 Å². The average Bonchev–Trinajstić information content (AvgIpc) is 2.80. The van der Waals surface area contributed by atoms with Gasteiger partial charge in [0.2, 0.25) is 5.91 Å². The molecule has 5 nitrogen and oxygen atoms in total. The van der Waals surface area contributed by atoms with Crippen molar-refractivity contribution in [3.8, 4) is 0 Å². The van der Waals surface area contributed by atoms with Crippen molar-refractivity contribution in [3.05, 3.63) is 28.8 Å². The molecule has 2 aliphatic heterocycles. The van der Waals surface area contributed by atoms with Crippen LogP contribution in [0, 0.1) is 0 Å². The molecule has 0 aromatic heterocycles. The molecule has 1 amide bonds. The number of carbonyl (C=O) groups is 1. The minimum atomic E-state index is -0.289. The topological polar surface area (TPSA) is 53.6 Å². The SMILES string of the molecule is O=C1Nc2ccc(Cl)cc2C1NCCCN1CCOCC1. The zero-order chi connectivity index (χ0) is 14.7. The van der Waals surface area contributed by atoms with Crippen LogP contribution in [-0.2, 0) is 9.53 Å². The first-order valence-electron chi connectivity index (χ1n) is 7.38. The Morgan fingerprint density at radius 2 is 2.19 bits per heavy atom. The minimum absolute atomic E-state index is 0.00126. The molecule has 0 aliphatic carbocycles. The second-order valence-electron chi connectivity index (χ2n) is 5.42. The predicted octanol–water partition coefficient (Wildman–Crippen LogP) is 1.65. The van der Waals surface area contributed by atoms with Crippen molar-refractivity contribution < 1.29 is 9.53 Å². The number of fused-ring (bicyclic) bond motifs is 1. The number of nitrogens with zero attached hydrogens (tertiary/aromatic N) is 1. The highest BCUT2D eigenvalue weighted by Gasteiger charge is 2.29. The Morgan fingerprint density at radius 1 is 1.38 bits per heavy atom. The molecule has 1 atom stereocenters. The third kappa shape index (κ3) is 3.55. The van der Waals surface area contributed by atoms with Crippen LogP contribution < -0.4 is 10.6 Å². The first-order chi connectivity index (χ1) is 10.2. The van der Waals surface area contributed by atoms with E-state index in [0.717, 1.165) is 57.1 Å². The number of hydrogen-bond donors (Lipinski definition) is 2. The van der Waals surface area contributed by atoms with Gasteiger partial charge >= 0.3 is 0 Å². The van der Waals surface area contributed by atoms with E-state index >= 15 is 0 Å². The molecule has 0 bridgehead atoms. The molecule has 114 valence electrons. The standard InChI is InChI=1S/C15H20ClN3O2/c16-11-2-3-13-12(10-11)14(15(20)18-13)17-4-1-5-19-6-8-21-9-7-19/h2-3,10,14,17H,1,4-9H2,(H,18,20). The number of benzene rings is 1. The third-order valence-electron chi connectivity index (χ3n) is 3.95. The molecule has 1 fully saturated rings. The summed E-state index contributed by atoms with van der Waals surface area (Å²) in [4.78, 5) is 14.4. The summed E-state index contributed by atoms with van der Waals surface area (Å²) in [5, 5.41) is 6.86. The van der Waals surface area contributed by atoms with Gasteiger partial charge in [-0.15, -0.1) is 0 Å². The van der Waals surface area contributed by atoms with Gasteiger partial charge in [-0.2, -0.15) is 0 Å². The van der Waals surface area contributed by atoms with E-state index in [1.54, 1.807) is 6.07 Å². The van der Waals surface area contributed by atoms with Crippen molar-refractivity contribution in [1.29, 1.82) is 0 Å².